The van der Waals surface area contributed by atoms with Crippen molar-refractivity contribution in [3.8, 4) is 16.9 Å². The lowest BCUT2D eigenvalue weighted by molar-refractivity contribution is 0.475. The van der Waals surface area contributed by atoms with Gasteiger partial charge in [-0.05, 0) is 115 Å². The first-order valence-electron chi connectivity index (χ1n) is 14.1. The normalized spacial score (nSPS) is 15.2. The zero-order valence-corrected chi connectivity index (χ0v) is 25.1. The van der Waals surface area contributed by atoms with E-state index in [2.05, 4.69) is 102 Å². The van der Waals surface area contributed by atoms with Crippen LogP contribution in [-0.2, 0) is 11.8 Å². The molecule has 1 N–H and O–H groups in total. The number of hydrogen-bond donors (Lipinski definition) is 1. The molecule has 4 aromatic carbocycles. The third-order valence-corrected chi connectivity index (χ3v) is 8.77. The molecule has 0 saturated heterocycles. The monoisotopic (exact) mass is 537 g/mol. The van der Waals surface area contributed by atoms with E-state index in [1.54, 1.807) is 6.07 Å². The fourth-order valence-corrected chi connectivity index (χ4v) is 6.63. The van der Waals surface area contributed by atoms with Gasteiger partial charge in [0.25, 0.3) is 0 Å². The van der Waals surface area contributed by atoms with Gasteiger partial charge in [0.15, 0.2) is 0 Å². The second-order valence-corrected chi connectivity index (χ2v) is 12.7. The highest BCUT2D eigenvalue weighted by Gasteiger charge is 2.29. The van der Waals surface area contributed by atoms with E-state index in [1.807, 2.05) is 12.1 Å². The number of fused-ring (bicyclic) bond motifs is 1. The molecule has 0 bridgehead atoms. The summed E-state index contributed by atoms with van der Waals surface area (Å²) >= 11 is 6.57. The molecule has 0 aromatic heterocycles. The average molecular weight is 538 g/mol. The smallest absolute Gasteiger partial charge is 0.119 e. The summed E-state index contributed by atoms with van der Waals surface area (Å²) in [4.78, 5) is 2.33. The maximum absolute atomic E-state index is 10.7. The Morgan fingerprint density at radius 2 is 1.59 bits per heavy atom. The topological polar surface area (TPSA) is 23.5 Å². The van der Waals surface area contributed by atoms with Crippen LogP contribution in [0.15, 0.2) is 66.7 Å². The predicted molar refractivity (Wildman–Crippen MR) is 167 cm³/mol. The Kier molecular flexibility index (Phi) is 7.29. The summed E-state index contributed by atoms with van der Waals surface area (Å²) in [5.74, 6) is 0.725. The maximum atomic E-state index is 10.7. The molecule has 202 valence electrons. The Bertz CT molecular complexity index is 1510. The first kappa shape index (κ1) is 27.3. The van der Waals surface area contributed by atoms with E-state index >= 15 is 0 Å². The van der Waals surface area contributed by atoms with Crippen LogP contribution in [0.2, 0.25) is 5.02 Å². The summed E-state index contributed by atoms with van der Waals surface area (Å²) in [5.41, 5.74) is 13.7. The summed E-state index contributed by atoms with van der Waals surface area (Å²) in [5, 5.41) is 11.2. The maximum Gasteiger partial charge on any atom is 0.119 e. The van der Waals surface area contributed by atoms with Gasteiger partial charge in [0, 0.05) is 16.7 Å². The highest BCUT2D eigenvalue weighted by atomic mass is 35.5. The Hall–Kier alpha value is -3.23. The van der Waals surface area contributed by atoms with E-state index in [9.17, 15) is 5.11 Å². The predicted octanol–water partition coefficient (Wildman–Crippen LogP) is 10.8. The third-order valence-electron chi connectivity index (χ3n) is 8.55. The summed E-state index contributed by atoms with van der Waals surface area (Å²) in [6, 6.07) is 22.8. The van der Waals surface area contributed by atoms with E-state index in [4.69, 9.17) is 11.6 Å². The number of halogens is 1. The number of phenolic OH excluding ortho intramolecular Hbond substituents is 1. The van der Waals surface area contributed by atoms with E-state index in [0.29, 0.717) is 10.9 Å². The molecule has 0 fully saturated rings. The Labute approximate surface area is 239 Å². The summed E-state index contributed by atoms with van der Waals surface area (Å²) in [6.07, 6.45) is 3.55. The van der Waals surface area contributed by atoms with Crippen LogP contribution >= 0.6 is 11.6 Å². The van der Waals surface area contributed by atoms with Gasteiger partial charge in [0.05, 0.1) is 17.1 Å². The lowest BCUT2D eigenvalue weighted by Crippen LogP contribution is -2.20. The fourth-order valence-electron chi connectivity index (χ4n) is 6.41. The zero-order valence-electron chi connectivity index (χ0n) is 24.3. The number of phenols is 1. The standard InChI is InChI=1S/C36H40ClNO/c1-22-12-11-15-31-25(4)35(24(3)23(2)34(22)31)38(29-19-28(37)20-30(39)21-29)33-17-16-27(36(5,6)7)18-32(33)26-13-9-8-10-14-26/h8-10,13-14,16-22,39H,11-12,15H2,1-7H3. The molecule has 5 rings (SSSR count). The van der Waals surface area contributed by atoms with Gasteiger partial charge in [0.2, 0.25) is 0 Å². The molecular weight excluding hydrogens is 498 g/mol. The third kappa shape index (κ3) is 5.08. The number of nitrogens with zero attached hydrogens (tertiary/aromatic N) is 1. The van der Waals surface area contributed by atoms with Crippen LogP contribution in [0.4, 0.5) is 17.1 Å². The molecule has 1 aliphatic rings. The van der Waals surface area contributed by atoms with Crippen LogP contribution < -0.4 is 4.90 Å². The van der Waals surface area contributed by atoms with Crippen molar-refractivity contribution >= 4 is 28.7 Å². The van der Waals surface area contributed by atoms with Crippen LogP contribution in [0.1, 0.15) is 79.8 Å². The number of anilines is 3. The lowest BCUT2D eigenvalue weighted by atomic mass is 9.77. The minimum absolute atomic E-state index is 0.00555. The van der Waals surface area contributed by atoms with Crippen molar-refractivity contribution < 1.29 is 5.11 Å². The summed E-state index contributed by atoms with van der Waals surface area (Å²) < 4.78 is 0. The van der Waals surface area contributed by atoms with Gasteiger partial charge >= 0.3 is 0 Å². The molecule has 39 heavy (non-hydrogen) atoms. The molecule has 0 spiro atoms. The van der Waals surface area contributed by atoms with Gasteiger partial charge in [-0.1, -0.05) is 75.7 Å². The molecule has 1 atom stereocenters. The average Bonchev–Trinajstić information content (AvgIpc) is 2.89. The molecule has 4 aromatic rings. The van der Waals surface area contributed by atoms with Crippen LogP contribution in [0.5, 0.6) is 5.75 Å². The molecular formula is C36H40ClNO. The highest BCUT2D eigenvalue weighted by molar-refractivity contribution is 6.31. The first-order chi connectivity index (χ1) is 18.5. The first-order valence-corrected chi connectivity index (χ1v) is 14.5. The van der Waals surface area contributed by atoms with Gasteiger partial charge in [-0.2, -0.15) is 0 Å². The van der Waals surface area contributed by atoms with Gasteiger partial charge < -0.3 is 10.0 Å². The molecule has 3 heteroatoms. The lowest BCUT2D eigenvalue weighted by Gasteiger charge is -2.36. The fraction of sp³-hybridized carbons (Fsp3) is 0.333. The minimum Gasteiger partial charge on any atom is -0.508 e. The van der Waals surface area contributed by atoms with E-state index in [0.717, 1.165) is 28.9 Å². The molecule has 1 aliphatic carbocycles. The number of hydrogen-bond acceptors (Lipinski definition) is 2. The van der Waals surface area contributed by atoms with E-state index in [-0.39, 0.29) is 11.2 Å². The summed E-state index contributed by atoms with van der Waals surface area (Å²) in [7, 11) is 0. The second kappa shape index (κ2) is 10.4. The van der Waals surface area contributed by atoms with E-state index in [1.165, 1.54) is 51.9 Å². The summed E-state index contributed by atoms with van der Waals surface area (Å²) in [6.45, 7) is 16.0. The number of rotatable bonds is 4. The van der Waals surface area contributed by atoms with Crippen molar-refractivity contribution in [2.75, 3.05) is 4.90 Å². The van der Waals surface area contributed by atoms with Gasteiger partial charge in [-0.3, -0.25) is 0 Å². The molecule has 0 heterocycles. The van der Waals surface area contributed by atoms with Crippen molar-refractivity contribution in [2.45, 2.75) is 79.1 Å². The molecule has 0 aliphatic heterocycles. The Balaban J connectivity index is 1.88. The van der Waals surface area contributed by atoms with Crippen molar-refractivity contribution in [2.24, 2.45) is 0 Å². The molecule has 0 radical (unpaired) electrons. The van der Waals surface area contributed by atoms with Gasteiger partial charge in [-0.15, -0.1) is 0 Å². The second-order valence-electron chi connectivity index (χ2n) is 12.3. The molecule has 1 unspecified atom stereocenters. The minimum atomic E-state index is 0.00555. The largest absolute Gasteiger partial charge is 0.508 e. The van der Waals surface area contributed by atoms with Crippen LogP contribution in [0.25, 0.3) is 11.1 Å². The van der Waals surface area contributed by atoms with Crippen molar-refractivity contribution in [3.05, 3.63) is 105 Å². The van der Waals surface area contributed by atoms with Crippen LogP contribution in [0, 0.1) is 20.8 Å². The van der Waals surface area contributed by atoms with E-state index < -0.39 is 0 Å². The molecule has 0 saturated carbocycles. The SMILES string of the molecule is Cc1c(C)c(N(c2cc(O)cc(Cl)c2)c2ccc(C(C)(C)C)cc2-c2ccccc2)c(C)c2c1C(C)CCC2. The molecule has 2 nitrogen and oxygen atoms in total. The van der Waals surface area contributed by atoms with Crippen molar-refractivity contribution in [1.29, 1.82) is 0 Å². The Morgan fingerprint density at radius 1 is 0.872 bits per heavy atom. The number of aromatic hydroxyl groups is 1. The van der Waals surface area contributed by atoms with Gasteiger partial charge in [0.1, 0.15) is 5.75 Å². The Morgan fingerprint density at radius 3 is 2.26 bits per heavy atom. The van der Waals surface area contributed by atoms with Gasteiger partial charge in [-0.25, -0.2) is 0 Å². The van der Waals surface area contributed by atoms with Crippen molar-refractivity contribution in [1.82, 2.24) is 0 Å². The van der Waals surface area contributed by atoms with Crippen LogP contribution in [-0.4, -0.2) is 5.11 Å². The number of benzene rings is 4. The zero-order chi connectivity index (χ0) is 28.1. The quantitative estimate of drug-likeness (QED) is 0.280. The van der Waals surface area contributed by atoms with Crippen molar-refractivity contribution in [3.63, 3.8) is 0 Å². The molecule has 0 amide bonds. The van der Waals surface area contributed by atoms with Crippen LogP contribution in [0.3, 0.4) is 0 Å². The highest BCUT2D eigenvalue weighted by Crippen LogP contribution is 2.49.